The first-order valence-corrected chi connectivity index (χ1v) is 7.34. The minimum Gasteiger partial charge on any atom is -0.349 e. The van der Waals surface area contributed by atoms with Crippen LogP contribution in [0.5, 0.6) is 0 Å². The van der Waals surface area contributed by atoms with Gasteiger partial charge in [0.05, 0.1) is 0 Å². The van der Waals surface area contributed by atoms with Crippen molar-refractivity contribution < 1.29 is 4.79 Å². The SMILES string of the molecule is CC1CCN(CCNC(=O)c2nnc(Cl)s2)CC1. The molecule has 0 unspecified atom stereocenters. The molecule has 1 amide bonds. The topological polar surface area (TPSA) is 58.1 Å². The van der Waals surface area contributed by atoms with Crippen LogP contribution in [0.4, 0.5) is 0 Å². The highest BCUT2D eigenvalue weighted by Gasteiger charge is 2.16. The summed E-state index contributed by atoms with van der Waals surface area (Å²) in [4.78, 5) is 14.1. The van der Waals surface area contributed by atoms with E-state index in [9.17, 15) is 4.79 Å². The van der Waals surface area contributed by atoms with Gasteiger partial charge in [0.2, 0.25) is 9.47 Å². The Labute approximate surface area is 116 Å². The van der Waals surface area contributed by atoms with E-state index in [0.717, 1.165) is 36.9 Å². The Morgan fingerprint density at radius 3 is 2.83 bits per heavy atom. The molecule has 2 rings (SSSR count). The fourth-order valence-electron chi connectivity index (χ4n) is 1.99. The van der Waals surface area contributed by atoms with E-state index in [1.54, 1.807) is 0 Å². The Morgan fingerprint density at radius 1 is 1.50 bits per heavy atom. The lowest BCUT2D eigenvalue weighted by Crippen LogP contribution is -2.39. The number of carbonyl (C=O) groups is 1. The van der Waals surface area contributed by atoms with Gasteiger partial charge >= 0.3 is 0 Å². The molecule has 1 aliphatic rings. The number of likely N-dealkylation sites (tertiary alicyclic amines) is 1. The van der Waals surface area contributed by atoms with Gasteiger partial charge in [-0.25, -0.2) is 0 Å². The summed E-state index contributed by atoms with van der Waals surface area (Å²) in [6.45, 7) is 6.08. The molecule has 1 fully saturated rings. The third kappa shape index (κ3) is 3.90. The van der Waals surface area contributed by atoms with Crippen LogP contribution in [0.1, 0.15) is 29.6 Å². The van der Waals surface area contributed by atoms with E-state index in [1.807, 2.05) is 0 Å². The van der Waals surface area contributed by atoms with Crippen LogP contribution in [0, 0.1) is 5.92 Å². The lowest BCUT2D eigenvalue weighted by Gasteiger charge is -2.29. The van der Waals surface area contributed by atoms with Crippen molar-refractivity contribution in [3.63, 3.8) is 0 Å². The maximum absolute atomic E-state index is 11.7. The highest BCUT2D eigenvalue weighted by molar-refractivity contribution is 7.17. The Hall–Kier alpha value is -0.720. The van der Waals surface area contributed by atoms with Crippen LogP contribution in [-0.4, -0.2) is 47.2 Å². The second-order valence-electron chi connectivity index (χ2n) is 4.64. The van der Waals surface area contributed by atoms with Gasteiger partial charge in [0.15, 0.2) is 0 Å². The first-order chi connectivity index (χ1) is 8.65. The number of nitrogens with zero attached hydrogens (tertiary/aromatic N) is 3. The largest absolute Gasteiger partial charge is 0.349 e. The molecule has 0 atom stereocenters. The van der Waals surface area contributed by atoms with Gasteiger partial charge in [-0.3, -0.25) is 4.79 Å². The molecule has 0 aromatic carbocycles. The van der Waals surface area contributed by atoms with Gasteiger partial charge in [-0.2, -0.15) is 0 Å². The first kappa shape index (κ1) is 13.7. The molecule has 1 saturated heterocycles. The third-order valence-electron chi connectivity index (χ3n) is 3.18. The van der Waals surface area contributed by atoms with Crippen molar-refractivity contribution in [2.45, 2.75) is 19.8 Å². The van der Waals surface area contributed by atoms with E-state index in [0.29, 0.717) is 16.0 Å². The van der Waals surface area contributed by atoms with E-state index in [2.05, 4.69) is 27.3 Å². The van der Waals surface area contributed by atoms with E-state index >= 15 is 0 Å². The van der Waals surface area contributed by atoms with Gasteiger partial charge < -0.3 is 10.2 Å². The van der Waals surface area contributed by atoms with Gasteiger partial charge in [-0.1, -0.05) is 18.3 Å². The van der Waals surface area contributed by atoms with Gasteiger partial charge in [0, 0.05) is 13.1 Å². The van der Waals surface area contributed by atoms with Crippen LogP contribution in [-0.2, 0) is 0 Å². The van der Waals surface area contributed by atoms with Gasteiger partial charge in [-0.05, 0) is 43.5 Å². The molecule has 1 aliphatic heterocycles. The molecule has 1 aromatic rings. The molecule has 7 heteroatoms. The number of hydrogen-bond donors (Lipinski definition) is 1. The summed E-state index contributed by atoms with van der Waals surface area (Å²) in [5.74, 6) is 0.643. The van der Waals surface area contributed by atoms with Crippen molar-refractivity contribution in [3.8, 4) is 0 Å². The highest BCUT2D eigenvalue weighted by Crippen LogP contribution is 2.16. The fourth-order valence-corrected chi connectivity index (χ4v) is 2.73. The zero-order chi connectivity index (χ0) is 13.0. The summed E-state index contributed by atoms with van der Waals surface area (Å²) < 4.78 is 0.296. The number of nitrogens with one attached hydrogen (secondary N) is 1. The predicted molar refractivity (Wildman–Crippen MR) is 72.1 cm³/mol. The summed E-state index contributed by atoms with van der Waals surface area (Å²) in [7, 11) is 0. The van der Waals surface area contributed by atoms with Crippen molar-refractivity contribution in [2.75, 3.05) is 26.2 Å². The normalized spacial score (nSPS) is 17.9. The minimum absolute atomic E-state index is 0.190. The fraction of sp³-hybridized carbons (Fsp3) is 0.727. The number of piperidine rings is 1. The van der Waals surface area contributed by atoms with Gasteiger partial charge in [-0.15, -0.1) is 10.2 Å². The molecule has 0 saturated carbocycles. The molecule has 0 aliphatic carbocycles. The Kier molecular flexibility index (Phi) is 4.91. The molecule has 18 heavy (non-hydrogen) atoms. The molecule has 100 valence electrons. The zero-order valence-electron chi connectivity index (χ0n) is 10.4. The lowest BCUT2D eigenvalue weighted by molar-refractivity contribution is 0.0943. The molecular weight excluding hydrogens is 272 g/mol. The highest BCUT2D eigenvalue weighted by atomic mass is 35.5. The van der Waals surface area contributed by atoms with E-state index in [4.69, 9.17) is 11.6 Å². The molecule has 1 N–H and O–H groups in total. The number of hydrogen-bond acceptors (Lipinski definition) is 5. The van der Waals surface area contributed by atoms with E-state index in [-0.39, 0.29) is 5.91 Å². The van der Waals surface area contributed by atoms with Crippen LogP contribution in [0.15, 0.2) is 0 Å². The Bertz CT molecular complexity index is 404. The first-order valence-electron chi connectivity index (χ1n) is 6.14. The maximum Gasteiger partial charge on any atom is 0.282 e. The number of aromatic nitrogens is 2. The predicted octanol–water partition coefficient (Wildman–Crippen LogP) is 1.65. The third-order valence-corrected chi connectivity index (χ3v) is 4.20. The minimum atomic E-state index is -0.190. The molecular formula is C11H17ClN4OS. The average molecular weight is 289 g/mol. The number of carbonyl (C=O) groups excluding carboxylic acids is 1. The van der Waals surface area contributed by atoms with Crippen LogP contribution in [0.2, 0.25) is 4.47 Å². The number of amides is 1. The van der Waals surface area contributed by atoms with Crippen LogP contribution in [0.25, 0.3) is 0 Å². The average Bonchev–Trinajstić information content (AvgIpc) is 2.78. The van der Waals surface area contributed by atoms with Crippen LogP contribution >= 0.6 is 22.9 Å². The smallest absolute Gasteiger partial charge is 0.282 e. The molecule has 5 nitrogen and oxygen atoms in total. The second kappa shape index (κ2) is 6.45. The number of halogens is 1. The van der Waals surface area contributed by atoms with Crippen molar-refractivity contribution in [3.05, 3.63) is 9.47 Å². The molecule has 0 spiro atoms. The summed E-state index contributed by atoms with van der Waals surface area (Å²) in [6, 6.07) is 0. The van der Waals surface area contributed by atoms with Crippen LogP contribution in [0.3, 0.4) is 0 Å². The monoisotopic (exact) mass is 288 g/mol. The number of rotatable bonds is 4. The van der Waals surface area contributed by atoms with Gasteiger partial charge in [0.1, 0.15) is 0 Å². The zero-order valence-corrected chi connectivity index (χ0v) is 11.9. The molecule has 2 heterocycles. The van der Waals surface area contributed by atoms with Crippen molar-refractivity contribution in [1.29, 1.82) is 0 Å². The second-order valence-corrected chi connectivity index (χ2v) is 6.20. The summed E-state index contributed by atoms with van der Waals surface area (Å²) in [5.41, 5.74) is 0. The van der Waals surface area contributed by atoms with E-state index < -0.39 is 0 Å². The standard InChI is InChI=1S/C11H17ClN4OS/c1-8-2-5-16(6-3-8)7-4-13-9(17)10-14-15-11(12)18-10/h8H,2-7H2,1H3,(H,13,17). The van der Waals surface area contributed by atoms with Crippen molar-refractivity contribution in [2.24, 2.45) is 5.92 Å². The summed E-state index contributed by atoms with van der Waals surface area (Å²) >= 11 is 6.73. The summed E-state index contributed by atoms with van der Waals surface area (Å²) in [6.07, 6.45) is 2.50. The molecule has 0 bridgehead atoms. The van der Waals surface area contributed by atoms with E-state index in [1.165, 1.54) is 12.8 Å². The Balaban J connectivity index is 1.67. The van der Waals surface area contributed by atoms with Gasteiger partial charge in [0.25, 0.3) is 5.91 Å². The molecule has 1 aromatic heterocycles. The molecule has 0 radical (unpaired) electrons. The van der Waals surface area contributed by atoms with Crippen LogP contribution < -0.4 is 5.32 Å². The summed E-state index contributed by atoms with van der Waals surface area (Å²) in [5, 5.41) is 10.5. The van der Waals surface area contributed by atoms with Crippen molar-refractivity contribution >= 4 is 28.8 Å². The lowest BCUT2D eigenvalue weighted by atomic mass is 9.99. The van der Waals surface area contributed by atoms with Crippen molar-refractivity contribution in [1.82, 2.24) is 20.4 Å². The quantitative estimate of drug-likeness (QED) is 0.915. The Morgan fingerprint density at radius 2 is 2.22 bits per heavy atom. The maximum atomic E-state index is 11.7.